The highest BCUT2D eigenvalue weighted by Crippen LogP contribution is 2.39. The van der Waals surface area contributed by atoms with Crippen molar-refractivity contribution in [1.29, 1.82) is 5.26 Å². The van der Waals surface area contributed by atoms with Crippen LogP contribution in [0.15, 0.2) is 24.3 Å². The van der Waals surface area contributed by atoms with Gasteiger partial charge in [0, 0.05) is 22.6 Å². The predicted molar refractivity (Wildman–Crippen MR) is 107 cm³/mol. The Hall–Kier alpha value is -2.78. The number of anilines is 1. The number of fused-ring (bicyclic) bond motifs is 1. The van der Waals surface area contributed by atoms with Gasteiger partial charge in [0.05, 0.1) is 19.8 Å². The highest BCUT2D eigenvalue weighted by atomic mass is 32.1. The Kier molecular flexibility index (Phi) is 5.82. The van der Waals surface area contributed by atoms with Crippen molar-refractivity contribution in [3.63, 3.8) is 0 Å². The lowest BCUT2D eigenvalue weighted by atomic mass is 9.89. The highest BCUT2D eigenvalue weighted by Gasteiger charge is 2.24. The zero-order valence-corrected chi connectivity index (χ0v) is 16.5. The van der Waals surface area contributed by atoms with Crippen LogP contribution in [0.5, 0.6) is 11.5 Å². The molecule has 1 aromatic heterocycles. The van der Waals surface area contributed by atoms with Crippen molar-refractivity contribution in [3.05, 3.63) is 45.8 Å². The summed E-state index contributed by atoms with van der Waals surface area (Å²) in [6.45, 7) is 2.22. The molecule has 1 aliphatic rings. The summed E-state index contributed by atoms with van der Waals surface area (Å²) in [4.78, 5) is 13.6. The van der Waals surface area contributed by atoms with Crippen molar-refractivity contribution in [2.45, 2.75) is 26.2 Å². The minimum absolute atomic E-state index is 0.268. The quantitative estimate of drug-likeness (QED) is 0.778. The number of rotatable bonds is 5. The zero-order chi connectivity index (χ0) is 19.4. The fraction of sp³-hybridized carbons (Fsp3) is 0.333. The molecule has 0 fully saturated rings. The molecular formula is C21H22N2O3S. The van der Waals surface area contributed by atoms with E-state index in [4.69, 9.17) is 9.47 Å². The van der Waals surface area contributed by atoms with E-state index in [1.807, 2.05) is 12.1 Å². The van der Waals surface area contributed by atoms with Crippen LogP contribution in [0.1, 0.15) is 34.9 Å². The van der Waals surface area contributed by atoms with Gasteiger partial charge in [-0.15, -0.1) is 11.3 Å². The Morgan fingerprint density at radius 3 is 2.89 bits per heavy atom. The van der Waals surface area contributed by atoms with E-state index in [2.05, 4.69) is 18.3 Å². The molecule has 1 heterocycles. The average molecular weight is 382 g/mol. The number of benzene rings is 1. The third-order valence-corrected chi connectivity index (χ3v) is 5.88. The van der Waals surface area contributed by atoms with Crippen LogP contribution in [-0.4, -0.2) is 20.1 Å². The molecular weight excluding hydrogens is 360 g/mol. The minimum Gasteiger partial charge on any atom is -0.497 e. The number of carbonyl (C=O) groups is 1. The van der Waals surface area contributed by atoms with Gasteiger partial charge >= 0.3 is 0 Å². The minimum atomic E-state index is -0.268. The number of nitrogens with one attached hydrogen (secondary N) is 1. The van der Waals surface area contributed by atoms with Gasteiger partial charge in [-0.3, -0.25) is 4.79 Å². The van der Waals surface area contributed by atoms with E-state index >= 15 is 0 Å². The topological polar surface area (TPSA) is 71.3 Å². The number of nitrogens with zero attached hydrogens (tertiary/aromatic N) is 1. The van der Waals surface area contributed by atoms with E-state index in [1.165, 1.54) is 22.3 Å². The molecule has 2 aromatic rings. The van der Waals surface area contributed by atoms with Crippen molar-refractivity contribution < 1.29 is 14.3 Å². The number of methoxy groups -OCH3 is 2. The monoisotopic (exact) mass is 382 g/mol. The van der Waals surface area contributed by atoms with Gasteiger partial charge in [-0.1, -0.05) is 6.92 Å². The van der Waals surface area contributed by atoms with Crippen LogP contribution in [0.4, 0.5) is 5.00 Å². The maximum Gasteiger partial charge on any atom is 0.249 e. The van der Waals surface area contributed by atoms with Gasteiger partial charge in [-0.25, -0.2) is 0 Å². The fourth-order valence-electron chi connectivity index (χ4n) is 3.23. The van der Waals surface area contributed by atoms with Gasteiger partial charge in [0.15, 0.2) is 0 Å². The standard InChI is InChI=1S/C21H22N2O3S/c1-13-4-8-16-17(12-22)21(27-19(16)10-13)23-20(24)9-6-14-5-7-15(25-2)11-18(14)26-3/h5-7,9,11,13H,4,8,10H2,1-3H3,(H,23,24)/b9-6+/t13-/m0/s1. The summed E-state index contributed by atoms with van der Waals surface area (Å²) in [6, 6.07) is 7.66. The molecule has 6 heteroatoms. The first-order valence-electron chi connectivity index (χ1n) is 8.81. The molecule has 140 valence electrons. The van der Waals surface area contributed by atoms with Crippen LogP contribution in [0.25, 0.3) is 6.08 Å². The van der Waals surface area contributed by atoms with Crippen LogP contribution in [-0.2, 0) is 17.6 Å². The maximum atomic E-state index is 12.4. The van der Waals surface area contributed by atoms with Crippen molar-refractivity contribution in [1.82, 2.24) is 0 Å². The Balaban J connectivity index is 1.77. The first kappa shape index (κ1) is 19.0. The first-order valence-corrected chi connectivity index (χ1v) is 9.63. The number of hydrogen-bond acceptors (Lipinski definition) is 5. The van der Waals surface area contributed by atoms with Crippen LogP contribution >= 0.6 is 11.3 Å². The lowest BCUT2D eigenvalue weighted by Gasteiger charge is -2.17. The number of carbonyl (C=O) groups excluding carboxylic acids is 1. The number of ether oxygens (including phenoxy) is 2. The molecule has 0 spiro atoms. The molecule has 1 aliphatic carbocycles. The highest BCUT2D eigenvalue weighted by molar-refractivity contribution is 7.16. The average Bonchev–Trinajstić information content (AvgIpc) is 3.01. The number of nitriles is 1. The van der Waals surface area contributed by atoms with Gasteiger partial charge in [0.25, 0.3) is 0 Å². The van der Waals surface area contributed by atoms with Crippen molar-refractivity contribution >= 4 is 28.3 Å². The van der Waals surface area contributed by atoms with Gasteiger partial charge in [-0.2, -0.15) is 5.26 Å². The van der Waals surface area contributed by atoms with Gasteiger partial charge in [0.1, 0.15) is 22.6 Å². The van der Waals surface area contributed by atoms with Crippen molar-refractivity contribution in [2.24, 2.45) is 5.92 Å². The molecule has 0 saturated carbocycles. The molecule has 1 atom stereocenters. The summed E-state index contributed by atoms with van der Waals surface area (Å²) < 4.78 is 10.5. The van der Waals surface area contributed by atoms with Gasteiger partial charge in [-0.05, 0) is 49.0 Å². The third-order valence-electron chi connectivity index (χ3n) is 4.72. The molecule has 1 aromatic carbocycles. The summed E-state index contributed by atoms with van der Waals surface area (Å²) in [5.41, 5.74) is 2.50. The summed E-state index contributed by atoms with van der Waals surface area (Å²) in [5.74, 6) is 1.66. The molecule has 0 unspecified atom stereocenters. The Morgan fingerprint density at radius 1 is 1.37 bits per heavy atom. The van der Waals surface area contributed by atoms with Gasteiger partial charge in [0.2, 0.25) is 5.91 Å². The SMILES string of the molecule is COc1ccc(/C=C/C(=O)Nc2sc3c(c2C#N)CC[C@H](C)C3)c(OC)c1. The molecule has 5 nitrogen and oxygen atoms in total. The third kappa shape index (κ3) is 4.15. The molecule has 0 bridgehead atoms. The molecule has 3 rings (SSSR count). The van der Waals surface area contributed by atoms with Crippen LogP contribution in [0.3, 0.4) is 0 Å². The number of thiophene rings is 1. The van der Waals surface area contributed by atoms with Crippen LogP contribution in [0.2, 0.25) is 0 Å². The summed E-state index contributed by atoms with van der Waals surface area (Å²) in [6.07, 6.45) is 6.11. The summed E-state index contributed by atoms with van der Waals surface area (Å²) in [7, 11) is 3.16. The van der Waals surface area contributed by atoms with E-state index in [0.717, 1.165) is 30.4 Å². The van der Waals surface area contributed by atoms with Crippen molar-refractivity contribution in [3.8, 4) is 17.6 Å². The molecule has 1 N–H and O–H groups in total. The van der Waals surface area contributed by atoms with E-state index in [1.54, 1.807) is 26.4 Å². The normalized spacial score (nSPS) is 15.9. The lowest BCUT2D eigenvalue weighted by Crippen LogP contribution is -2.10. The molecule has 27 heavy (non-hydrogen) atoms. The zero-order valence-electron chi connectivity index (χ0n) is 15.7. The van der Waals surface area contributed by atoms with Crippen LogP contribution < -0.4 is 14.8 Å². The lowest BCUT2D eigenvalue weighted by molar-refractivity contribution is -0.111. The van der Waals surface area contributed by atoms with Gasteiger partial charge < -0.3 is 14.8 Å². The predicted octanol–water partition coefficient (Wildman–Crippen LogP) is 4.41. The van der Waals surface area contributed by atoms with E-state index in [-0.39, 0.29) is 5.91 Å². The molecule has 0 aliphatic heterocycles. The Bertz CT molecular complexity index is 924. The Labute approximate surface area is 163 Å². The molecule has 1 amide bonds. The van der Waals surface area contributed by atoms with E-state index < -0.39 is 0 Å². The summed E-state index contributed by atoms with van der Waals surface area (Å²) >= 11 is 1.52. The smallest absolute Gasteiger partial charge is 0.249 e. The van der Waals surface area contributed by atoms with Crippen molar-refractivity contribution in [2.75, 3.05) is 19.5 Å². The van der Waals surface area contributed by atoms with E-state index in [9.17, 15) is 10.1 Å². The number of hydrogen-bond donors (Lipinski definition) is 1. The molecule has 0 saturated heterocycles. The largest absolute Gasteiger partial charge is 0.497 e. The number of amides is 1. The second-order valence-corrected chi connectivity index (χ2v) is 7.70. The second-order valence-electron chi connectivity index (χ2n) is 6.60. The second kappa shape index (κ2) is 8.28. The maximum absolute atomic E-state index is 12.4. The van der Waals surface area contributed by atoms with Crippen LogP contribution in [0, 0.1) is 17.2 Å². The molecule has 0 radical (unpaired) electrons. The Morgan fingerprint density at radius 2 is 2.19 bits per heavy atom. The first-order chi connectivity index (χ1) is 13.0. The summed E-state index contributed by atoms with van der Waals surface area (Å²) in [5, 5.41) is 13.0. The van der Waals surface area contributed by atoms with E-state index in [0.29, 0.717) is 28.0 Å². The fourth-order valence-corrected chi connectivity index (χ4v) is 4.60.